The zero-order chi connectivity index (χ0) is 12.0. The Kier molecular flexibility index (Phi) is 6.28. The van der Waals surface area contributed by atoms with Gasteiger partial charge >= 0.3 is 0 Å². The van der Waals surface area contributed by atoms with E-state index in [1.54, 1.807) is 0 Å². The van der Waals surface area contributed by atoms with Crippen LogP contribution in [-0.2, 0) is 0 Å². The topological polar surface area (TPSA) is 72.7 Å². The standard InChI is InChI=1S/C12H25NO3/c1-2-3-4-5-6-10-9(8-14)12(16)11(15)7-13-10/h9-16H,2-8H2,1H3/t9-,10-,11+,12+/m0/s1. The number of aliphatic hydroxyl groups is 3. The average Bonchev–Trinajstić information content (AvgIpc) is 2.29. The third-order valence-electron chi connectivity index (χ3n) is 3.52. The van der Waals surface area contributed by atoms with Crippen molar-refractivity contribution < 1.29 is 15.3 Å². The summed E-state index contributed by atoms with van der Waals surface area (Å²) in [6, 6.07) is 0.139. The van der Waals surface area contributed by atoms with Crippen molar-refractivity contribution in [1.29, 1.82) is 0 Å². The quantitative estimate of drug-likeness (QED) is 0.495. The van der Waals surface area contributed by atoms with Gasteiger partial charge in [0.15, 0.2) is 0 Å². The van der Waals surface area contributed by atoms with Crippen LogP contribution >= 0.6 is 0 Å². The van der Waals surface area contributed by atoms with Gasteiger partial charge in [-0.05, 0) is 6.42 Å². The molecule has 0 aromatic carbocycles. The van der Waals surface area contributed by atoms with Gasteiger partial charge in [-0.1, -0.05) is 32.6 Å². The molecule has 1 fully saturated rings. The van der Waals surface area contributed by atoms with E-state index in [9.17, 15) is 15.3 Å². The Morgan fingerprint density at radius 3 is 2.56 bits per heavy atom. The largest absolute Gasteiger partial charge is 0.396 e. The van der Waals surface area contributed by atoms with E-state index in [1.807, 2.05) is 0 Å². The SMILES string of the molecule is CCCCCC[C@@H]1NC[C@@H](O)[C@H](O)[C@H]1CO. The molecule has 0 unspecified atom stereocenters. The molecule has 0 aromatic heterocycles. The van der Waals surface area contributed by atoms with Crippen LogP contribution < -0.4 is 5.32 Å². The highest BCUT2D eigenvalue weighted by molar-refractivity contribution is 4.91. The molecule has 4 heteroatoms. The van der Waals surface area contributed by atoms with E-state index < -0.39 is 12.2 Å². The second kappa shape index (κ2) is 7.22. The van der Waals surface area contributed by atoms with Crippen molar-refractivity contribution >= 4 is 0 Å². The van der Waals surface area contributed by atoms with Crippen molar-refractivity contribution in [1.82, 2.24) is 5.32 Å². The molecular formula is C12H25NO3. The molecule has 1 aliphatic heterocycles. The van der Waals surface area contributed by atoms with E-state index in [4.69, 9.17) is 0 Å². The van der Waals surface area contributed by atoms with E-state index in [2.05, 4.69) is 12.2 Å². The Hall–Kier alpha value is -0.160. The van der Waals surface area contributed by atoms with Crippen LogP contribution in [0.5, 0.6) is 0 Å². The van der Waals surface area contributed by atoms with Crippen LogP contribution in [0.25, 0.3) is 0 Å². The van der Waals surface area contributed by atoms with Crippen molar-refractivity contribution in [3.63, 3.8) is 0 Å². The number of nitrogens with one attached hydrogen (secondary N) is 1. The summed E-state index contributed by atoms with van der Waals surface area (Å²) >= 11 is 0. The van der Waals surface area contributed by atoms with Crippen LogP contribution in [0.2, 0.25) is 0 Å². The Bertz CT molecular complexity index is 189. The minimum Gasteiger partial charge on any atom is -0.396 e. The van der Waals surface area contributed by atoms with E-state index in [0.29, 0.717) is 6.54 Å². The molecule has 16 heavy (non-hydrogen) atoms. The fourth-order valence-electron chi connectivity index (χ4n) is 2.41. The molecule has 0 saturated carbocycles. The molecule has 1 saturated heterocycles. The van der Waals surface area contributed by atoms with Gasteiger partial charge in [0.05, 0.1) is 12.2 Å². The number of aliphatic hydroxyl groups excluding tert-OH is 3. The first-order valence-corrected chi connectivity index (χ1v) is 6.41. The van der Waals surface area contributed by atoms with Gasteiger partial charge in [-0.25, -0.2) is 0 Å². The fraction of sp³-hybridized carbons (Fsp3) is 1.00. The van der Waals surface area contributed by atoms with Gasteiger partial charge in [-0.3, -0.25) is 0 Å². The third-order valence-corrected chi connectivity index (χ3v) is 3.52. The first kappa shape index (κ1) is 13.9. The molecule has 4 atom stereocenters. The Morgan fingerprint density at radius 1 is 1.19 bits per heavy atom. The summed E-state index contributed by atoms with van der Waals surface area (Å²) in [4.78, 5) is 0. The molecule has 1 rings (SSSR count). The molecule has 1 heterocycles. The molecule has 0 spiro atoms. The molecule has 0 bridgehead atoms. The normalized spacial score (nSPS) is 35.2. The van der Waals surface area contributed by atoms with Gasteiger partial charge < -0.3 is 20.6 Å². The zero-order valence-corrected chi connectivity index (χ0v) is 10.1. The summed E-state index contributed by atoms with van der Waals surface area (Å²) in [7, 11) is 0. The highest BCUT2D eigenvalue weighted by Crippen LogP contribution is 2.21. The number of hydrogen-bond donors (Lipinski definition) is 4. The van der Waals surface area contributed by atoms with Gasteiger partial charge in [0, 0.05) is 25.1 Å². The van der Waals surface area contributed by atoms with Crippen LogP contribution in [-0.4, -0.2) is 46.7 Å². The molecule has 4 nitrogen and oxygen atoms in total. The van der Waals surface area contributed by atoms with Crippen molar-refractivity contribution in [2.45, 2.75) is 57.3 Å². The summed E-state index contributed by atoms with van der Waals surface area (Å²) in [6.07, 6.45) is 4.20. The lowest BCUT2D eigenvalue weighted by molar-refractivity contribution is -0.0679. The lowest BCUT2D eigenvalue weighted by Gasteiger charge is -2.38. The minimum absolute atomic E-state index is 0.0658. The molecule has 0 aromatic rings. The van der Waals surface area contributed by atoms with E-state index in [0.717, 1.165) is 12.8 Å². The van der Waals surface area contributed by atoms with Gasteiger partial charge in [0.1, 0.15) is 0 Å². The second-order valence-corrected chi connectivity index (χ2v) is 4.77. The molecule has 0 amide bonds. The van der Waals surface area contributed by atoms with Crippen molar-refractivity contribution in [2.24, 2.45) is 5.92 Å². The number of piperidine rings is 1. The third kappa shape index (κ3) is 3.70. The number of hydrogen-bond acceptors (Lipinski definition) is 4. The maximum atomic E-state index is 9.76. The predicted octanol–water partition coefficient (Wildman–Crippen LogP) is 0.259. The lowest BCUT2D eigenvalue weighted by atomic mass is 9.84. The first-order valence-electron chi connectivity index (χ1n) is 6.41. The molecule has 96 valence electrons. The maximum Gasteiger partial charge on any atom is 0.0927 e. The van der Waals surface area contributed by atoms with Crippen LogP contribution in [0.1, 0.15) is 39.0 Å². The van der Waals surface area contributed by atoms with Crippen LogP contribution in [0.4, 0.5) is 0 Å². The second-order valence-electron chi connectivity index (χ2n) is 4.77. The lowest BCUT2D eigenvalue weighted by Crippen LogP contribution is -2.57. The Balaban J connectivity index is 2.33. The van der Waals surface area contributed by atoms with E-state index >= 15 is 0 Å². The molecule has 0 radical (unpaired) electrons. The highest BCUT2D eigenvalue weighted by Gasteiger charge is 2.36. The van der Waals surface area contributed by atoms with Crippen LogP contribution in [0, 0.1) is 5.92 Å². The highest BCUT2D eigenvalue weighted by atomic mass is 16.3. The smallest absolute Gasteiger partial charge is 0.0927 e. The van der Waals surface area contributed by atoms with Gasteiger partial charge in [0.25, 0.3) is 0 Å². The summed E-state index contributed by atoms with van der Waals surface area (Å²) in [5.74, 6) is -0.231. The first-order chi connectivity index (χ1) is 7.70. The summed E-state index contributed by atoms with van der Waals surface area (Å²) in [5.41, 5.74) is 0. The van der Waals surface area contributed by atoms with Crippen LogP contribution in [0.15, 0.2) is 0 Å². The van der Waals surface area contributed by atoms with Gasteiger partial charge in [-0.15, -0.1) is 0 Å². The summed E-state index contributed by atoms with van der Waals surface area (Å²) in [5, 5.41) is 31.7. The molecule has 4 N–H and O–H groups in total. The fourth-order valence-corrected chi connectivity index (χ4v) is 2.41. The summed E-state index contributed by atoms with van der Waals surface area (Å²) in [6.45, 7) is 2.54. The maximum absolute atomic E-state index is 9.76. The minimum atomic E-state index is -0.789. The monoisotopic (exact) mass is 231 g/mol. The molecule has 1 aliphatic rings. The van der Waals surface area contributed by atoms with Gasteiger partial charge in [-0.2, -0.15) is 0 Å². The average molecular weight is 231 g/mol. The Labute approximate surface area is 97.7 Å². The number of unbranched alkanes of at least 4 members (excludes halogenated alkanes) is 3. The van der Waals surface area contributed by atoms with Crippen molar-refractivity contribution in [3.8, 4) is 0 Å². The number of β-amino-alcohol motifs (C(OH)–C–C–N with tert-alkyl or cyclic N) is 1. The van der Waals surface area contributed by atoms with E-state index in [-0.39, 0.29) is 18.6 Å². The summed E-state index contributed by atoms with van der Waals surface area (Å²) < 4.78 is 0. The van der Waals surface area contributed by atoms with Gasteiger partial charge in [0.2, 0.25) is 0 Å². The number of rotatable bonds is 6. The van der Waals surface area contributed by atoms with E-state index in [1.165, 1.54) is 19.3 Å². The van der Waals surface area contributed by atoms with Crippen molar-refractivity contribution in [2.75, 3.05) is 13.2 Å². The molecular weight excluding hydrogens is 206 g/mol. The predicted molar refractivity (Wildman–Crippen MR) is 63.1 cm³/mol. The zero-order valence-electron chi connectivity index (χ0n) is 10.1. The van der Waals surface area contributed by atoms with Crippen molar-refractivity contribution in [3.05, 3.63) is 0 Å². The van der Waals surface area contributed by atoms with Crippen LogP contribution in [0.3, 0.4) is 0 Å². The molecule has 0 aliphatic carbocycles. The Morgan fingerprint density at radius 2 is 1.94 bits per heavy atom.